The van der Waals surface area contributed by atoms with Gasteiger partial charge in [-0.3, -0.25) is 0 Å². The molecule has 0 unspecified atom stereocenters. The fourth-order valence-corrected chi connectivity index (χ4v) is 1.51. The Morgan fingerprint density at radius 1 is 1.40 bits per heavy atom. The Labute approximate surface area is 97.4 Å². The molecule has 1 nitrogen and oxygen atoms in total. The highest BCUT2D eigenvalue weighted by atomic mass is 35.5. The van der Waals surface area contributed by atoms with Gasteiger partial charge in [-0.25, -0.2) is 4.39 Å². The topological polar surface area (TPSA) is 12.0 Å². The van der Waals surface area contributed by atoms with E-state index in [1.165, 1.54) is 12.8 Å². The lowest BCUT2D eigenvalue weighted by Crippen LogP contribution is -2.08. The molecule has 0 spiro atoms. The van der Waals surface area contributed by atoms with Gasteiger partial charge in [0.15, 0.2) is 0 Å². The zero-order valence-corrected chi connectivity index (χ0v) is 10.6. The lowest BCUT2D eigenvalue weighted by Gasteiger charge is -2.01. The fraction of sp³-hybridized carbons (Fsp3) is 0.667. The van der Waals surface area contributed by atoms with Crippen molar-refractivity contribution in [3.8, 4) is 0 Å². The van der Waals surface area contributed by atoms with Crippen LogP contribution >= 0.6 is 11.6 Å². The molecule has 0 saturated carbocycles. The van der Waals surface area contributed by atoms with Crippen molar-refractivity contribution in [3.05, 3.63) is 22.5 Å². The minimum atomic E-state index is -0.297. The van der Waals surface area contributed by atoms with Crippen LogP contribution in [0.4, 0.5) is 4.39 Å². The van der Waals surface area contributed by atoms with Gasteiger partial charge in [-0.2, -0.15) is 0 Å². The van der Waals surface area contributed by atoms with Crippen LogP contribution in [-0.4, -0.2) is 13.6 Å². The van der Waals surface area contributed by atoms with Crippen molar-refractivity contribution in [2.45, 2.75) is 39.5 Å². The molecule has 0 saturated heterocycles. The van der Waals surface area contributed by atoms with Gasteiger partial charge in [0.2, 0.25) is 0 Å². The molecule has 0 heterocycles. The van der Waals surface area contributed by atoms with E-state index in [0.29, 0.717) is 0 Å². The molecule has 3 heteroatoms. The van der Waals surface area contributed by atoms with Crippen LogP contribution in [0.1, 0.15) is 39.5 Å². The summed E-state index contributed by atoms with van der Waals surface area (Å²) >= 11 is 5.81. The van der Waals surface area contributed by atoms with Gasteiger partial charge < -0.3 is 5.32 Å². The Kier molecular flexibility index (Phi) is 8.73. The Morgan fingerprint density at radius 3 is 2.60 bits per heavy atom. The Hall–Kier alpha value is -0.340. The number of unbranched alkanes of at least 4 members (excludes halogenated alkanes) is 2. The molecule has 0 aliphatic carbocycles. The predicted octanol–water partition coefficient (Wildman–Crippen LogP) is 4.15. The quantitative estimate of drug-likeness (QED) is 0.515. The van der Waals surface area contributed by atoms with Gasteiger partial charge in [-0.1, -0.05) is 36.9 Å². The average molecular weight is 234 g/mol. The molecule has 0 fully saturated rings. The van der Waals surface area contributed by atoms with E-state index in [4.69, 9.17) is 11.6 Å². The van der Waals surface area contributed by atoms with Crippen molar-refractivity contribution in [2.24, 2.45) is 0 Å². The number of rotatable bonds is 7. The maximum Gasteiger partial charge on any atom is 0.132 e. The van der Waals surface area contributed by atoms with Gasteiger partial charge >= 0.3 is 0 Å². The van der Waals surface area contributed by atoms with Crippen molar-refractivity contribution < 1.29 is 4.39 Å². The second kappa shape index (κ2) is 8.93. The van der Waals surface area contributed by atoms with Gasteiger partial charge in [0.1, 0.15) is 5.83 Å². The summed E-state index contributed by atoms with van der Waals surface area (Å²) in [5.74, 6) is -0.297. The highest BCUT2D eigenvalue weighted by molar-refractivity contribution is 6.31. The molecule has 0 bridgehead atoms. The molecule has 0 aliphatic heterocycles. The number of hydrogen-bond donors (Lipinski definition) is 1. The van der Waals surface area contributed by atoms with Crippen molar-refractivity contribution in [2.75, 3.05) is 13.6 Å². The summed E-state index contributed by atoms with van der Waals surface area (Å²) in [6, 6.07) is 0. The van der Waals surface area contributed by atoms with E-state index in [9.17, 15) is 4.39 Å². The van der Waals surface area contributed by atoms with Crippen molar-refractivity contribution in [3.63, 3.8) is 0 Å². The second-order valence-electron chi connectivity index (χ2n) is 3.73. The first-order valence-electron chi connectivity index (χ1n) is 5.47. The van der Waals surface area contributed by atoms with Gasteiger partial charge in [-0.05, 0) is 32.9 Å². The Balaban J connectivity index is 4.15. The number of allylic oxidation sites excluding steroid dienone is 3. The third-order valence-corrected chi connectivity index (χ3v) is 2.45. The van der Waals surface area contributed by atoms with E-state index in [0.717, 1.165) is 18.4 Å². The molecule has 0 radical (unpaired) electrons. The molecule has 0 aromatic heterocycles. The first kappa shape index (κ1) is 14.7. The molecule has 0 aliphatic rings. The number of hydrogen-bond acceptors (Lipinski definition) is 1. The van der Waals surface area contributed by atoms with E-state index in [-0.39, 0.29) is 17.4 Å². The smallest absolute Gasteiger partial charge is 0.132 e. The third-order valence-electron chi connectivity index (χ3n) is 2.14. The summed E-state index contributed by atoms with van der Waals surface area (Å²) in [6.07, 6.45) is 6.29. The van der Waals surface area contributed by atoms with Crippen LogP contribution in [0.25, 0.3) is 0 Å². The van der Waals surface area contributed by atoms with E-state index in [1.807, 2.05) is 6.92 Å². The molecule has 1 N–H and O–H groups in total. The molecule has 0 rings (SSSR count). The first-order chi connectivity index (χ1) is 7.11. The van der Waals surface area contributed by atoms with Crippen LogP contribution in [0.3, 0.4) is 0 Å². The van der Waals surface area contributed by atoms with Crippen LogP contribution in [0.2, 0.25) is 0 Å². The number of halogens is 2. The van der Waals surface area contributed by atoms with Gasteiger partial charge in [0.25, 0.3) is 0 Å². The molecule has 0 atom stereocenters. The summed E-state index contributed by atoms with van der Waals surface area (Å²) in [4.78, 5) is 0. The zero-order chi connectivity index (χ0) is 11.7. The Morgan fingerprint density at radius 2 is 2.07 bits per heavy atom. The summed E-state index contributed by atoms with van der Waals surface area (Å²) in [6.45, 7) is 4.35. The molecule has 0 aromatic carbocycles. The van der Waals surface area contributed by atoms with Gasteiger partial charge in [-0.15, -0.1) is 0 Å². The fourth-order valence-electron chi connectivity index (χ4n) is 1.26. The highest BCUT2D eigenvalue weighted by Gasteiger charge is 2.00. The van der Waals surface area contributed by atoms with Crippen LogP contribution in [-0.2, 0) is 0 Å². The SMILES string of the molecule is CCCCC/C(C)=C/C(Cl)=C(/F)CNC. The van der Waals surface area contributed by atoms with Crippen LogP contribution in [0.5, 0.6) is 0 Å². The summed E-state index contributed by atoms with van der Waals surface area (Å²) in [5.41, 5.74) is 1.14. The highest BCUT2D eigenvalue weighted by Crippen LogP contribution is 2.17. The molecule has 88 valence electrons. The minimum Gasteiger partial charge on any atom is -0.314 e. The van der Waals surface area contributed by atoms with Crippen molar-refractivity contribution >= 4 is 11.6 Å². The van der Waals surface area contributed by atoms with Crippen LogP contribution in [0, 0.1) is 0 Å². The monoisotopic (exact) mass is 233 g/mol. The summed E-state index contributed by atoms with van der Waals surface area (Å²) in [7, 11) is 1.70. The summed E-state index contributed by atoms with van der Waals surface area (Å²) < 4.78 is 13.2. The summed E-state index contributed by atoms with van der Waals surface area (Å²) in [5, 5.41) is 2.95. The van der Waals surface area contributed by atoms with E-state index in [2.05, 4.69) is 12.2 Å². The largest absolute Gasteiger partial charge is 0.314 e. The van der Waals surface area contributed by atoms with Gasteiger partial charge in [0.05, 0.1) is 5.03 Å². The van der Waals surface area contributed by atoms with E-state index in [1.54, 1.807) is 13.1 Å². The predicted molar refractivity (Wildman–Crippen MR) is 65.8 cm³/mol. The lowest BCUT2D eigenvalue weighted by molar-refractivity contribution is 0.589. The van der Waals surface area contributed by atoms with Crippen molar-refractivity contribution in [1.82, 2.24) is 5.32 Å². The first-order valence-corrected chi connectivity index (χ1v) is 5.85. The normalized spacial score (nSPS) is 14.1. The van der Waals surface area contributed by atoms with E-state index < -0.39 is 0 Å². The third kappa shape index (κ3) is 7.57. The van der Waals surface area contributed by atoms with Gasteiger partial charge in [0, 0.05) is 6.54 Å². The zero-order valence-electron chi connectivity index (χ0n) is 9.87. The maximum absolute atomic E-state index is 13.2. The Bertz CT molecular complexity index is 234. The molecule has 0 aromatic rings. The van der Waals surface area contributed by atoms with Crippen LogP contribution < -0.4 is 5.32 Å². The maximum atomic E-state index is 13.2. The average Bonchev–Trinajstić information content (AvgIpc) is 2.18. The molecule has 15 heavy (non-hydrogen) atoms. The number of likely N-dealkylation sites (N-methyl/N-ethyl adjacent to an activating group) is 1. The minimum absolute atomic E-state index is 0.192. The standard InChI is InChI=1S/C12H21ClFN/c1-4-5-6-7-10(2)8-11(13)12(14)9-15-3/h8,15H,4-7,9H2,1-3H3/b10-8+,12-11-. The molecular weight excluding hydrogens is 213 g/mol. The van der Waals surface area contributed by atoms with Crippen LogP contribution in [0.15, 0.2) is 22.5 Å². The lowest BCUT2D eigenvalue weighted by atomic mass is 10.1. The van der Waals surface area contributed by atoms with E-state index >= 15 is 0 Å². The molecular formula is C12H21ClFN. The second-order valence-corrected chi connectivity index (χ2v) is 4.14. The molecule has 0 amide bonds. The number of nitrogens with one attached hydrogen (secondary N) is 1. The van der Waals surface area contributed by atoms with Crippen molar-refractivity contribution in [1.29, 1.82) is 0 Å².